The van der Waals surface area contributed by atoms with Crippen molar-refractivity contribution in [2.75, 3.05) is 6.67 Å². The van der Waals surface area contributed by atoms with Crippen LogP contribution in [0, 0.1) is 0 Å². The molecule has 3 nitrogen and oxygen atoms in total. The van der Waals surface area contributed by atoms with Crippen LogP contribution in [0.2, 0.25) is 0 Å². The molecule has 1 aliphatic rings. The molecule has 0 spiro atoms. The van der Waals surface area contributed by atoms with E-state index in [9.17, 15) is 4.79 Å². The minimum Gasteiger partial charge on any atom is -0.302 e. The molecule has 1 amide bonds. The van der Waals surface area contributed by atoms with Crippen molar-refractivity contribution in [2.24, 2.45) is 4.99 Å². The number of amides is 1. The van der Waals surface area contributed by atoms with Gasteiger partial charge in [0.15, 0.2) is 0 Å². The number of carbonyl (C=O) groups excluding carboxylic acids is 1. The Balaban J connectivity index is 2.51. The molecule has 8 heavy (non-hydrogen) atoms. The van der Waals surface area contributed by atoms with Gasteiger partial charge in [0.25, 0.3) is 0 Å². The van der Waals surface area contributed by atoms with Gasteiger partial charge in [-0.25, -0.2) is 0 Å². The van der Waals surface area contributed by atoms with Crippen LogP contribution in [0.1, 0.15) is 0 Å². The summed E-state index contributed by atoms with van der Waals surface area (Å²) in [5, 5.41) is 0. The number of nitrogens with zero attached hydrogens (tertiary/aromatic N) is 2. The van der Waals surface area contributed by atoms with Crippen LogP contribution in [0.15, 0.2) is 17.3 Å². The molecule has 0 fully saturated rings. The van der Waals surface area contributed by atoms with Crippen LogP contribution in [-0.2, 0) is 4.79 Å². The van der Waals surface area contributed by atoms with E-state index in [0.29, 0.717) is 6.67 Å². The van der Waals surface area contributed by atoms with E-state index in [0.717, 1.165) is 6.41 Å². The lowest BCUT2D eigenvalue weighted by atomic mass is 10.6. The minimum atomic E-state index is 0.458. The van der Waals surface area contributed by atoms with E-state index < -0.39 is 0 Å². The van der Waals surface area contributed by atoms with E-state index in [-0.39, 0.29) is 0 Å². The van der Waals surface area contributed by atoms with Gasteiger partial charge in [-0.1, -0.05) is 0 Å². The first kappa shape index (κ1) is 5.03. The summed E-state index contributed by atoms with van der Waals surface area (Å²) in [5.74, 6) is 0. The summed E-state index contributed by atoms with van der Waals surface area (Å²) in [5.41, 5.74) is 0. The standard InChI is InChI=1S/C5H6N2O/c8-5-7-3-1-2-6-4-7/h1-3,5H,4H2. The van der Waals surface area contributed by atoms with Gasteiger partial charge in [-0.2, -0.15) is 0 Å². The summed E-state index contributed by atoms with van der Waals surface area (Å²) < 4.78 is 0. The normalized spacial score (nSPS) is 16.8. The van der Waals surface area contributed by atoms with E-state index in [2.05, 4.69) is 4.99 Å². The first-order chi connectivity index (χ1) is 3.93. The van der Waals surface area contributed by atoms with Crippen LogP contribution in [0.5, 0.6) is 0 Å². The van der Waals surface area contributed by atoms with Crippen LogP contribution in [-0.4, -0.2) is 24.2 Å². The number of aliphatic imine (C=N–C) groups is 1. The first-order valence-electron chi connectivity index (χ1n) is 2.31. The predicted molar refractivity (Wildman–Crippen MR) is 30.4 cm³/mol. The molecule has 0 saturated carbocycles. The largest absolute Gasteiger partial charge is 0.302 e. The second kappa shape index (κ2) is 2.26. The number of hydrogen-bond donors (Lipinski definition) is 0. The second-order valence-corrected chi connectivity index (χ2v) is 1.43. The van der Waals surface area contributed by atoms with Gasteiger partial charge in [-0.15, -0.1) is 0 Å². The molecule has 0 saturated heterocycles. The third-order valence-corrected chi connectivity index (χ3v) is 0.849. The molecule has 1 rings (SSSR count). The average molecular weight is 110 g/mol. The van der Waals surface area contributed by atoms with Gasteiger partial charge in [-0.05, 0) is 6.08 Å². The van der Waals surface area contributed by atoms with Gasteiger partial charge in [-0.3, -0.25) is 9.79 Å². The molecule has 0 aromatic rings. The fourth-order valence-electron chi connectivity index (χ4n) is 0.467. The molecule has 0 aromatic carbocycles. The summed E-state index contributed by atoms with van der Waals surface area (Å²) in [6, 6.07) is 0. The SMILES string of the molecule is O=CN1C=CC=NC1. The van der Waals surface area contributed by atoms with Crippen LogP contribution in [0.4, 0.5) is 0 Å². The maximum absolute atomic E-state index is 9.96. The zero-order valence-electron chi connectivity index (χ0n) is 4.32. The lowest BCUT2D eigenvalue weighted by Gasteiger charge is -2.09. The van der Waals surface area contributed by atoms with Crippen molar-refractivity contribution < 1.29 is 4.79 Å². The van der Waals surface area contributed by atoms with Gasteiger partial charge in [0.2, 0.25) is 6.41 Å². The molecule has 1 aliphatic heterocycles. The molecule has 0 aliphatic carbocycles. The Bertz CT molecular complexity index is 139. The quantitative estimate of drug-likeness (QED) is 0.437. The van der Waals surface area contributed by atoms with Crippen LogP contribution in [0.25, 0.3) is 0 Å². The lowest BCUT2D eigenvalue weighted by Crippen LogP contribution is -2.16. The molecule has 0 bridgehead atoms. The Kier molecular flexibility index (Phi) is 1.42. The van der Waals surface area contributed by atoms with Gasteiger partial charge >= 0.3 is 0 Å². The van der Waals surface area contributed by atoms with Crippen molar-refractivity contribution in [3.8, 4) is 0 Å². The van der Waals surface area contributed by atoms with Gasteiger partial charge in [0, 0.05) is 12.4 Å². The topological polar surface area (TPSA) is 32.7 Å². The number of rotatable bonds is 1. The molecule has 3 heteroatoms. The third kappa shape index (κ3) is 0.932. The van der Waals surface area contributed by atoms with Crippen LogP contribution < -0.4 is 0 Å². The summed E-state index contributed by atoms with van der Waals surface area (Å²) >= 11 is 0. The van der Waals surface area contributed by atoms with E-state index in [1.807, 2.05) is 0 Å². The Labute approximate surface area is 47.3 Å². The van der Waals surface area contributed by atoms with Crippen molar-refractivity contribution >= 4 is 12.6 Å². The highest BCUT2D eigenvalue weighted by molar-refractivity contribution is 5.72. The highest BCUT2D eigenvalue weighted by atomic mass is 16.1. The van der Waals surface area contributed by atoms with Gasteiger partial charge in [0.05, 0.1) is 0 Å². The third-order valence-electron chi connectivity index (χ3n) is 0.849. The molecule has 0 N–H and O–H groups in total. The maximum Gasteiger partial charge on any atom is 0.215 e. The number of allylic oxidation sites excluding steroid dienone is 1. The molecular formula is C5H6N2O. The van der Waals surface area contributed by atoms with E-state index >= 15 is 0 Å². The Morgan fingerprint density at radius 3 is 3.00 bits per heavy atom. The number of hydrogen-bond acceptors (Lipinski definition) is 2. The summed E-state index contributed by atoms with van der Waals surface area (Å²) in [6.07, 6.45) is 5.81. The van der Waals surface area contributed by atoms with E-state index in [4.69, 9.17) is 0 Å². The van der Waals surface area contributed by atoms with Gasteiger partial charge < -0.3 is 4.90 Å². The smallest absolute Gasteiger partial charge is 0.215 e. The van der Waals surface area contributed by atoms with Crippen molar-refractivity contribution in [1.82, 2.24) is 4.90 Å². The second-order valence-electron chi connectivity index (χ2n) is 1.43. The zero-order valence-corrected chi connectivity index (χ0v) is 4.32. The monoisotopic (exact) mass is 110 g/mol. The fraction of sp³-hybridized carbons (Fsp3) is 0.200. The van der Waals surface area contributed by atoms with E-state index in [1.54, 1.807) is 18.5 Å². The van der Waals surface area contributed by atoms with Gasteiger partial charge in [0.1, 0.15) is 6.67 Å². The molecule has 1 heterocycles. The summed E-state index contributed by atoms with van der Waals surface area (Å²) in [6.45, 7) is 0.458. The van der Waals surface area contributed by atoms with Crippen LogP contribution in [0.3, 0.4) is 0 Å². The zero-order chi connectivity index (χ0) is 5.82. The molecule has 42 valence electrons. The molecule has 0 radical (unpaired) electrons. The molecule has 0 unspecified atom stereocenters. The highest BCUT2D eigenvalue weighted by Gasteiger charge is 1.93. The van der Waals surface area contributed by atoms with Crippen molar-refractivity contribution in [1.29, 1.82) is 0 Å². The summed E-state index contributed by atoms with van der Waals surface area (Å²) in [4.78, 5) is 15.2. The molecule has 0 atom stereocenters. The summed E-state index contributed by atoms with van der Waals surface area (Å²) in [7, 11) is 0. The molecular weight excluding hydrogens is 104 g/mol. The first-order valence-corrected chi connectivity index (χ1v) is 2.31. The fourth-order valence-corrected chi connectivity index (χ4v) is 0.467. The number of carbonyl (C=O) groups is 1. The highest BCUT2D eigenvalue weighted by Crippen LogP contribution is 1.88. The molecule has 0 aromatic heterocycles. The van der Waals surface area contributed by atoms with Crippen molar-refractivity contribution in [2.45, 2.75) is 0 Å². The average Bonchev–Trinajstić information content (AvgIpc) is 1.90. The maximum atomic E-state index is 9.96. The Morgan fingerprint density at radius 1 is 1.75 bits per heavy atom. The Morgan fingerprint density at radius 2 is 2.62 bits per heavy atom. The van der Waals surface area contributed by atoms with Crippen molar-refractivity contribution in [3.63, 3.8) is 0 Å². The minimum absolute atomic E-state index is 0.458. The van der Waals surface area contributed by atoms with Crippen molar-refractivity contribution in [3.05, 3.63) is 12.3 Å². The van der Waals surface area contributed by atoms with E-state index in [1.165, 1.54) is 4.90 Å². The predicted octanol–water partition coefficient (Wildman–Crippen LogP) is 0.000400. The lowest BCUT2D eigenvalue weighted by molar-refractivity contribution is -0.115. The Hall–Kier alpha value is -1.12. The van der Waals surface area contributed by atoms with Crippen LogP contribution >= 0.6 is 0 Å².